The van der Waals surface area contributed by atoms with Crippen molar-refractivity contribution in [3.05, 3.63) is 84.5 Å². The number of allylic oxidation sites excluding steroid dienone is 1. The van der Waals surface area contributed by atoms with Crippen molar-refractivity contribution in [1.29, 1.82) is 0 Å². The molecule has 0 aromatic heterocycles. The van der Waals surface area contributed by atoms with Gasteiger partial charge in [-0.1, -0.05) is 37.8 Å². The van der Waals surface area contributed by atoms with E-state index in [0.717, 1.165) is 12.1 Å². The highest BCUT2D eigenvalue weighted by Gasteiger charge is 2.24. The molecule has 0 aliphatic heterocycles. The maximum atomic E-state index is 13.9. The number of aliphatic hydroxyl groups is 1. The van der Waals surface area contributed by atoms with E-state index in [1.165, 1.54) is 12.2 Å². The van der Waals surface area contributed by atoms with Crippen LogP contribution in [0, 0.1) is 17.6 Å². The van der Waals surface area contributed by atoms with E-state index in [9.17, 15) is 18.4 Å². The second-order valence-electron chi connectivity index (χ2n) is 7.59. The Kier molecular flexibility index (Phi) is 11.4. The molecular formula is C26H29F2NO6. The molecule has 0 fully saturated rings. The topological polar surface area (TPSA) is 94.1 Å². The van der Waals surface area contributed by atoms with Crippen molar-refractivity contribution in [3.63, 3.8) is 0 Å². The third-order valence-corrected chi connectivity index (χ3v) is 4.87. The molecule has 1 amide bonds. The summed E-state index contributed by atoms with van der Waals surface area (Å²) in [5.41, 5.74) is 0.453. The third kappa shape index (κ3) is 9.58. The van der Waals surface area contributed by atoms with Gasteiger partial charge in [-0.3, -0.25) is 5.32 Å². The first-order chi connectivity index (χ1) is 16.8. The van der Waals surface area contributed by atoms with Crippen molar-refractivity contribution in [3.8, 4) is 5.75 Å². The Morgan fingerprint density at radius 3 is 2.57 bits per heavy atom. The van der Waals surface area contributed by atoms with Gasteiger partial charge in [0.1, 0.15) is 36.7 Å². The molecule has 2 aromatic carbocycles. The SMILES string of the molecule is C=CCOC(=O)/C=C/CC[C@@H](C)[C@@H](OC(=O)Nc1ccc(F)cc1F)c1ccc(OCCO)cc1. The molecule has 0 aliphatic carbocycles. The molecule has 0 bridgehead atoms. The molecule has 2 atom stereocenters. The summed E-state index contributed by atoms with van der Waals surface area (Å²) < 4.78 is 42.9. The van der Waals surface area contributed by atoms with E-state index in [4.69, 9.17) is 19.3 Å². The largest absolute Gasteiger partial charge is 0.491 e. The lowest BCUT2D eigenvalue weighted by molar-refractivity contribution is -0.136. The highest BCUT2D eigenvalue weighted by Crippen LogP contribution is 2.31. The number of esters is 1. The highest BCUT2D eigenvalue weighted by molar-refractivity contribution is 5.85. The lowest BCUT2D eigenvalue weighted by atomic mass is 9.93. The predicted octanol–water partition coefficient (Wildman–Crippen LogP) is 5.33. The second kappa shape index (κ2) is 14.5. The van der Waals surface area contributed by atoms with E-state index in [0.29, 0.717) is 30.2 Å². The fourth-order valence-corrected chi connectivity index (χ4v) is 3.15. The van der Waals surface area contributed by atoms with Crippen molar-refractivity contribution in [2.24, 2.45) is 5.92 Å². The molecular weight excluding hydrogens is 460 g/mol. The van der Waals surface area contributed by atoms with Gasteiger partial charge in [0.05, 0.1) is 12.3 Å². The van der Waals surface area contributed by atoms with Gasteiger partial charge in [0.2, 0.25) is 0 Å². The number of ether oxygens (including phenoxy) is 3. The maximum Gasteiger partial charge on any atom is 0.412 e. The zero-order valence-electron chi connectivity index (χ0n) is 19.4. The number of hydrogen-bond donors (Lipinski definition) is 2. The van der Waals surface area contributed by atoms with Gasteiger partial charge < -0.3 is 19.3 Å². The zero-order valence-corrected chi connectivity index (χ0v) is 19.4. The fourth-order valence-electron chi connectivity index (χ4n) is 3.15. The van der Waals surface area contributed by atoms with Gasteiger partial charge in [0.25, 0.3) is 0 Å². The molecule has 0 saturated carbocycles. The van der Waals surface area contributed by atoms with Crippen molar-refractivity contribution in [2.75, 3.05) is 25.1 Å². The summed E-state index contributed by atoms with van der Waals surface area (Å²) in [6.07, 6.45) is 3.90. The van der Waals surface area contributed by atoms with E-state index < -0.39 is 29.8 Å². The summed E-state index contributed by atoms with van der Waals surface area (Å²) in [6, 6.07) is 9.60. The van der Waals surface area contributed by atoms with Crippen LogP contribution in [0.15, 0.2) is 67.3 Å². The van der Waals surface area contributed by atoms with Gasteiger partial charge in [0.15, 0.2) is 0 Å². The molecule has 188 valence electrons. The minimum Gasteiger partial charge on any atom is -0.491 e. The smallest absolute Gasteiger partial charge is 0.412 e. The number of benzene rings is 2. The molecule has 2 aromatic rings. The fraction of sp³-hybridized carbons (Fsp3) is 0.308. The standard InChI is InChI=1S/C26H29F2NO6/c1-3-15-34-24(31)7-5-4-6-18(2)25(19-8-11-21(12-9-19)33-16-14-30)35-26(32)29-23-13-10-20(27)17-22(23)28/h3,5,7-13,17-18,25,30H,1,4,6,14-16H2,2H3,(H,29,32)/b7-5+/t18-,25-/m1/s1. The third-order valence-electron chi connectivity index (χ3n) is 4.87. The molecule has 0 radical (unpaired) electrons. The van der Waals surface area contributed by atoms with Gasteiger partial charge in [-0.25, -0.2) is 18.4 Å². The zero-order chi connectivity index (χ0) is 25.6. The molecule has 0 aliphatic rings. The van der Waals surface area contributed by atoms with E-state index >= 15 is 0 Å². The van der Waals surface area contributed by atoms with Gasteiger partial charge >= 0.3 is 12.1 Å². The first-order valence-corrected chi connectivity index (χ1v) is 11.0. The number of rotatable bonds is 13. The first kappa shape index (κ1) is 27.5. The van der Waals surface area contributed by atoms with Crippen LogP contribution < -0.4 is 10.1 Å². The molecule has 2 rings (SSSR count). The summed E-state index contributed by atoms with van der Waals surface area (Å²) in [4.78, 5) is 24.1. The Labute approximate surface area is 203 Å². The Balaban J connectivity index is 2.10. The number of aliphatic hydroxyl groups excluding tert-OH is 1. The molecule has 0 heterocycles. The van der Waals surface area contributed by atoms with Gasteiger partial charge in [-0.05, 0) is 48.6 Å². The number of carbonyl (C=O) groups excluding carboxylic acids is 2. The summed E-state index contributed by atoms with van der Waals surface area (Å²) >= 11 is 0. The second-order valence-corrected chi connectivity index (χ2v) is 7.59. The lowest BCUT2D eigenvalue weighted by Gasteiger charge is -2.25. The van der Waals surface area contributed by atoms with Crippen LogP contribution in [-0.2, 0) is 14.3 Å². The highest BCUT2D eigenvalue weighted by atomic mass is 19.1. The molecule has 0 saturated heterocycles. The van der Waals surface area contributed by atoms with Crippen LogP contribution in [0.5, 0.6) is 5.75 Å². The Morgan fingerprint density at radius 1 is 1.17 bits per heavy atom. The summed E-state index contributed by atoms with van der Waals surface area (Å²) in [5.74, 6) is -1.84. The molecule has 0 unspecified atom stereocenters. The average molecular weight is 490 g/mol. The number of amides is 1. The number of hydrogen-bond acceptors (Lipinski definition) is 6. The van der Waals surface area contributed by atoms with Crippen LogP contribution in [0.4, 0.5) is 19.3 Å². The van der Waals surface area contributed by atoms with E-state index in [-0.39, 0.29) is 31.4 Å². The van der Waals surface area contributed by atoms with Gasteiger partial charge in [0, 0.05) is 12.1 Å². The normalized spacial score (nSPS) is 12.6. The molecule has 0 spiro atoms. The van der Waals surface area contributed by atoms with E-state index in [2.05, 4.69) is 11.9 Å². The summed E-state index contributed by atoms with van der Waals surface area (Å²) in [5, 5.41) is 11.2. The Bertz CT molecular complexity index is 1010. The van der Waals surface area contributed by atoms with Crippen LogP contribution in [0.2, 0.25) is 0 Å². The Morgan fingerprint density at radius 2 is 1.91 bits per heavy atom. The Hall–Kier alpha value is -3.72. The van der Waals surface area contributed by atoms with Crippen molar-refractivity contribution in [1.82, 2.24) is 0 Å². The average Bonchev–Trinajstić information content (AvgIpc) is 2.84. The summed E-state index contributed by atoms with van der Waals surface area (Å²) in [6.45, 7) is 5.48. The van der Waals surface area contributed by atoms with Crippen molar-refractivity contribution in [2.45, 2.75) is 25.9 Å². The van der Waals surface area contributed by atoms with E-state index in [1.807, 2.05) is 6.92 Å². The molecule has 35 heavy (non-hydrogen) atoms. The minimum atomic E-state index is -0.926. The molecule has 9 heteroatoms. The van der Waals surface area contributed by atoms with Crippen molar-refractivity contribution >= 4 is 17.7 Å². The first-order valence-electron chi connectivity index (χ1n) is 11.0. The minimum absolute atomic E-state index is 0.122. The van der Waals surface area contributed by atoms with Crippen LogP contribution in [-0.4, -0.2) is 37.0 Å². The molecule has 2 N–H and O–H groups in total. The van der Waals surface area contributed by atoms with Crippen LogP contribution in [0.3, 0.4) is 0 Å². The number of halogens is 2. The van der Waals surface area contributed by atoms with E-state index in [1.54, 1.807) is 30.3 Å². The molecule has 7 nitrogen and oxygen atoms in total. The number of anilines is 1. The number of carbonyl (C=O) groups is 2. The van der Waals surface area contributed by atoms with Gasteiger partial charge in [-0.2, -0.15) is 0 Å². The van der Waals surface area contributed by atoms with Crippen LogP contribution in [0.25, 0.3) is 0 Å². The summed E-state index contributed by atoms with van der Waals surface area (Å²) in [7, 11) is 0. The van der Waals surface area contributed by atoms with Gasteiger partial charge in [-0.15, -0.1) is 0 Å². The quantitative estimate of drug-likeness (QED) is 0.225. The number of nitrogens with one attached hydrogen (secondary N) is 1. The lowest BCUT2D eigenvalue weighted by Crippen LogP contribution is -2.22. The monoisotopic (exact) mass is 489 g/mol. The van der Waals surface area contributed by atoms with Crippen LogP contribution >= 0.6 is 0 Å². The van der Waals surface area contributed by atoms with Crippen molar-refractivity contribution < 1.29 is 37.7 Å². The maximum absolute atomic E-state index is 13.9. The van der Waals surface area contributed by atoms with Crippen LogP contribution in [0.1, 0.15) is 31.4 Å². The predicted molar refractivity (Wildman–Crippen MR) is 127 cm³/mol.